The van der Waals surface area contributed by atoms with Gasteiger partial charge in [0.05, 0.1) is 23.6 Å². The second kappa shape index (κ2) is 6.71. The highest BCUT2D eigenvalue weighted by atomic mass is 16.2. The Morgan fingerprint density at radius 2 is 2.04 bits per heavy atom. The normalized spacial score (nSPS) is 10.3. The van der Waals surface area contributed by atoms with Crippen LogP contribution in [-0.4, -0.2) is 20.9 Å². The predicted molar refractivity (Wildman–Crippen MR) is 88.2 cm³/mol. The van der Waals surface area contributed by atoms with E-state index in [0.29, 0.717) is 22.2 Å². The van der Waals surface area contributed by atoms with Gasteiger partial charge in [-0.25, -0.2) is 4.68 Å². The maximum atomic E-state index is 12.3. The zero-order valence-corrected chi connectivity index (χ0v) is 12.6. The first-order chi connectivity index (χ1) is 11.7. The fourth-order valence-corrected chi connectivity index (χ4v) is 2.27. The molecule has 3 aromatic rings. The predicted octanol–water partition coefficient (Wildman–Crippen LogP) is 1.69. The summed E-state index contributed by atoms with van der Waals surface area (Å²) in [7, 11) is 0. The lowest BCUT2D eigenvalue weighted by atomic mass is 10.2. The van der Waals surface area contributed by atoms with Gasteiger partial charge in [-0.15, -0.1) is 5.10 Å². The fraction of sp³-hybridized carbons (Fsp3) is 0.118. The van der Waals surface area contributed by atoms with Gasteiger partial charge in [-0.3, -0.25) is 9.59 Å². The van der Waals surface area contributed by atoms with Gasteiger partial charge in [0.15, 0.2) is 0 Å². The number of fused-ring (bicyclic) bond motifs is 1. The molecule has 1 aromatic heterocycles. The number of hydrogen-bond donors (Lipinski definition) is 1. The number of nitriles is 1. The smallest absolute Gasteiger partial charge is 0.277 e. The number of nitrogens with one attached hydrogen (secondary N) is 1. The van der Waals surface area contributed by atoms with E-state index in [-0.39, 0.29) is 24.4 Å². The van der Waals surface area contributed by atoms with Crippen molar-refractivity contribution in [1.82, 2.24) is 15.0 Å². The highest BCUT2D eigenvalue weighted by molar-refractivity contribution is 5.90. The molecule has 3 rings (SSSR count). The molecule has 7 nitrogen and oxygen atoms in total. The molecule has 0 aliphatic rings. The van der Waals surface area contributed by atoms with E-state index < -0.39 is 0 Å². The van der Waals surface area contributed by atoms with Crippen molar-refractivity contribution in [3.8, 4) is 6.07 Å². The van der Waals surface area contributed by atoms with Gasteiger partial charge in [0.2, 0.25) is 5.91 Å². The molecule has 0 saturated heterocycles. The third-order valence-corrected chi connectivity index (χ3v) is 3.46. The van der Waals surface area contributed by atoms with E-state index in [9.17, 15) is 9.59 Å². The Morgan fingerprint density at radius 3 is 2.88 bits per heavy atom. The molecule has 118 valence electrons. The number of rotatable bonds is 4. The van der Waals surface area contributed by atoms with Gasteiger partial charge >= 0.3 is 0 Å². The van der Waals surface area contributed by atoms with Crippen LogP contribution in [0.3, 0.4) is 0 Å². The quantitative estimate of drug-likeness (QED) is 0.788. The SMILES string of the molecule is N#Cc1cccc(NC(=O)CCn2nnc3ccccc3c2=O)c1. The molecule has 1 N–H and O–H groups in total. The largest absolute Gasteiger partial charge is 0.326 e. The number of aromatic nitrogens is 3. The second-order valence-corrected chi connectivity index (χ2v) is 5.13. The minimum atomic E-state index is -0.278. The summed E-state index contributed by atoms with van der Waals surface area (Å²) < 4.78 is 1.17. The topological polar surface area (TPSA) is 101 Å². The third kappa shape index (κ3) is 3.28. The lowest BCUT2D eigenvalue weighted by Crippen LogP contribution is -2.26. The standard InChI is InChI=1S/C17H13N5O2/c18-11-12-4-3-5-13(10-12)19-16(23)8-9-22-17(24)14-6-1-2-7-15(14)20-21-22/h1-7,10H,8-9H2,(H,19,23). The Kier molecular flexibility index (Phi) is 4.29. The number of nitrogens with zero attached hydrogens (tertiary/aromatic N) is 4. The molecule has 0 aliphatic heterocycles. The van der Waals surface area contributed by atoms with E-state index >= 15 is 0 Å². The van der Waals surface area contributed by atoms with Crippen LogP contribution in [-0.2, 0) is 11.3 Å². The van der Waals surface area contributed by atoms with Gasteiger partial charge in [-0.05, 0) is 30.3 Å². The van der Waals surface area contributed by atoms with Gasteiger partial charge in [-0.1, -0.05) is 23.4 Å². The monoisotopic (exact) mass is 319 g/mol. The van der Waals surface area contributed by atoms with E-state index in [2.05, 4.69) is 15.6 Å². The van der Waals surface area contributed by atoms with Crippen molar-refractivity contribution in [1.29, 1.82) is 5.26 Å². The molecule has 0 aliphatic carbocycles. The number of anilines is 1. The first-order valence-corrected chi connectivity index (χ1v) is 7.30. The van der Waals surface area contributed by atoms with Crippen molar-refractivity contribution in [2.24, 2.45) is 0 Å². The third-order valence-electron chi connectivity index (χ3n) is 3.46. The minimum Gasteiger partial charge on any atom is -0.326 e. The van der Waals surface area contributed by atoms with Gasteiger partial charge in [-0.2, -0.15) is 5.26 Å². The first-order valence-electron chi connectivity index (χ1n) is 7.30. The summed E-state index contributed by atoms with van der Waals surface area (Å²) in [6.45, 7) is 0.125. The number of benzene rings is 2. The molecule has 1 amide bonds. The van der Waals surface area contributed by atoms with Crippen molar-refractivity contribution in [2.45, 2.75) is 13.0 Å². The molecular formula is C17H13N5O2. The summed E-state index contributed by atoms with van der Waals surface area (Å²) in [6.07, 6.45) is 0.0731. The van der Waals surface area contributed by atoms with Crippen molar-refractivity contribution in [3.05, 3.63) is 64.4 Å². The van der Waals surface area contributed by atoms with Crippen LogP contribution < -0.4 is 10.9 Å². The van der Waals surface area contributed by atoms with Gasteiger partial charge < -0.3 is 5.32 Å². The first kappa shape index (κ1) is 15.4. The van der Waals surface area contributed by atoms with Crippen LogP contribution in [0.25, 0.3) is 10.9 Å². The Hall–Kier alpha value is -3.53. The summed E-state index contributed by atoms with van der Waals surface area (Å²) >= 11 is 0. The van der Waals surface area contributed by atoms with Gasteiger partial charge in [0.25, 0.3) is 5.56 Å². The maximum absolute atomic E-state index is 12.3. The number of amides is 1. The average Bonchev–Trinajstić information content (AvgIpc) is 2.61. The second-order valence-electron chi connectivity index (χ2n) is 5.13. The van der Waals surface area contributed by atoms with E-state index in [1.165, 1.54) is 4.68 Å². The highest BCUT2D eigenvalue weighted by Crippen LogP contribution is 2.10. The summed E-state index contributed by atoms with van der Waals surface area (Å²) in [4.78, 5) is 24.3. The molecule has 0 fully saturated rings. The Labute approximate surface area is 137 Å². The highest BCUT2D eigenvalue weighted by Gasteiger charge is 2.08. The van der Waals surface area contributed by atoms with Crippen LogP contribution in [0.4, 0.5) is 5.69 Å². The van der Waals surface area contributed by atoms with Crippen molar-refractivity contribution in [3.63, 3.8) is 0 Å². The summed E-state index contributed by atoms with van der Waals surface area (Å²) in [5, 5.41) is 19.8. The van der Waals surface area contributed by atoms with Crippen LogP contribution in [0, 0.1) is 11.3 Å². The van der Waals surface area contributed by atoms with Crippen LogP contribution >= 0.6 is 0 Å². The number of carbonyl (C=O) groups excluding carboxylic acids is 1. The summed E-state index contributed by atoms with van der Waals surface area (Å²) in [5.74, 6) is -0.271. The van der Waals surface area contributed by atoms with Crippen LogP contribution in [0.2, 0.25) is 0 Å². The van der Waals surface area contributed by atoms with E-state index in [1.807, 2.05) is 6.07 Å². The molecule has 24 heavy (non-hydrogen) atoms. The zero-order chi connectivity index (χ0) is 16.9. The molecule has 0 spiro atoms. The zero-order valence-electron chi connectivity index (χ0n) is 12.6. The van der Waals surface area contributed by atoms with E-state index in [4.69, 9.17) is 5.26 Å². The number of aryl methyl sites for hydroxylation is 1. The molecule has 1 heterocycles. The van der Waals surface area contributed by atoms with Crippen molar-refractivity contribution < 1.29 is 4.79 Å². The summed E-state index contributed by atoms with van der Waals surface area (Å²) in [5.41, 5.74) is 1.25. The van der Waals surface area contributed by atoms with E-state index in [1.54, 1.807) is 48.5 Å². The number of hydrogen-bond acceptors (Lipinski definition) is 5. The van der Waals surface area contributed by atoms with Crippen LogP contribution in [0.1, 0.15) is 12.0 Å². The Balaban J connectivity index is 1.69. The number of carbonyl (C=O) groups is 1. The van der Waals surface area contributed by atoms with E-state index in [0.717, 1.165) is 0 Å². The molecule has 0 unspecified atom stereocenters. The lowest BCUT2D eigenvalue weighted by molar-refractivity contribution is -0.116. The maximum Gasteiger partial charge on any atom is 0.277 e. The molecule has 0 saturated carbocycles. The molecular weight excluding hydrogens is 306 g/mol. The molecule has 0 atom stereocenters. The Morgan fingerprint density at radius 1 is 1.21 bits per heavy atom. The Bertz CT molecular complexity index is 1000. The molecule has 0 bridgehead atoms. The van der Waals surface area contributed by atoms with Crippen LogP contribution in [0.5, 0.6) is 0 Å². The van der Waals surface area contributed by atoms with Crippen molar-refractivity contribution in [2.75, 3.05) is 5.32 Å². The van der Waals surface area contributed by atoms with Crippen molar-refractivity contribution >= 4 is 22.5 Å². The van der Waals surface area contributed by atoms with Gasteiger partial charge in [0.1, 0.15) is 5.52 Å². The summed E-state index contributed by atoms with van der Waals surface area (Å²) in [6, 6.07) is 15.6. The molecule has 0 radical (unpaired) electrons. The molecule has 7 heteroatoms. The minimum absolute atomic E-state index is 0.0731. The average molecular weight is 319 g/mol. The molecule has 2 aromatic carbocycles. The fourth-order valence-electron chi connectivity index (χ4n) is 2.27. The lowest BCUT2D eigenvalue weighted by Gasteiger charge is -2.07. The van der Waals surface area contributed by atoms with Gasteiger partial charge in [0, 0.05) is 12.1 Å². The van der Waals surface area contributed by atoms with Crippen LogP contribution in [0.15, 0.2) is 53.3 Å².